The third-order valence-electron chi connectivity index (χ3n) is 0.476. The lowest BCUT2D eigenvalue weighted by Crippen LogP contribution is -1.98. The van der Waals surface area contributed by atoms with E-state index in [1.54, 1.807) is 6.21 Å². The molecule has 42 valence electrons. The molecule has 0 amide bonds. The highest BCUT2D eigenvalue weighted by Crippen LogP contribution is 1.67. The molecule has 0 spiro atoms. The van der Waals surface area contributed by atoms with Gasteiger partial charge in [0.15, 0.2) is 0 Å². The summed E-state index contributed by atoms with van der Waals surface area (Å²) in [6.45, 7) is 0.632. The lowest BCUT2D eigenvalue weighted by atomic mass is 10.5. The maximum absolute atomic E-state index is 5.12. The number of hydrogen-bond acceptors (Lipinski definition) is 3. The van der Waals surface area contributed by atoms with Gasteiger partial charge in [0.2, 0.25) is 0 Å². The van der Waals surface area contributed by atoms with Crippen molar-refractivity contribution >= 4 is 6.21 Å². The molecule has 0 aliphatic heterocycles. The van der Waals surface area contributed by atoms with Crippen LogP contribution >= 0.6 is 0 Å². The van der Waals surface area contributed by atoms with Crippen LogP contribution in [-0.4, -0.2) is 19.9 Å². The first-order valence-corrected chi connectivity index (χ1v) is 2.17. The molecule has 3 nitrogen and oxygen atoms in total. The van der Waals surface area contributed by atoms with Crippen LogP contribution in [0.25, 0.3) is 0 Å². The molecule has 2 N–H and O–H groups in total. The van der Waals surface area contributed by atoms with Gasteiger partial charge >= 0.3 is 0 Å². The molecule has 7 heavy (non-hydrogen) atoms. The Balaban J connectivity index is 2.78. The highest BCUT2D eigenvalue weighted by molar-refractivity contribution is 5.56. The van der Waals surface area contributed by atoms with Gasteiger partial charge in [-0.15, -0.1) is 0 Å². The molecular weight excluding hydrogens is 92.1 g/mol. The Morgan fingerprint density at radius 3 is 3.00 bits per heavy atom. The predicted molar refractivity (Wildman–Crippen MR) is 29.2 cm³/mol. The van der Waals surface area contributed by atoms with Gasteiger partial charge in [0, 0.05) is 6.21 Å². The number of hydrogen-bond donors (Lipinski definition) is 1. The Morgan fingerprint density at radius 1 is 1.86 bits per heavy atom. The molecule has 0 aromatic carbocycles. The number of oxime groups is 1. The van der Waals surface area contributed by atoms with Crippen LogP contribution in [0.1, 0.15) is 6.42 Å². The molecule has 0 aromatic heterocycles. The summed E-state index contributed by atoms with van der Waals surface area (Å²) in [4.78, 5) is 4.36. The van der Waals surface area contributed by atoms with Gasteiger partial charge in [-0.2, -0.15) is 0 Å². The van der Waals surface area contributed by atoms with Gasteiger partial charge in [-0.05, 0) is 13.0 Å². The number of nitrogens with two attached hydrogens (primary N) is 1. The van der Waals surface area contributed by atoms with Crippen LogP contribution in [0.3, 0.4) is 0 Å². The van der Waals surface area contributed by atoms with E-state index < -0.39 is 0 Å². The Morgan fingerprint density at radius 2 is 2.57 bits per heavy atom. The quantitative estimate of drug-likeness (QED) is 0.401. The molecule has 0 fully saturated rings. The molecule has 0 aromatic rings. The van der Waals surface area contributed by atoms with Crippen LogP contribution in [-0.2, 0) is 4.84 Å². The third-order valence-corrected chi connectivity index (χ3v) is 0.476. The summed E-state index contributed by atoms with van der Waals surface area (Å²) in [5, 5.41) is 3.46. The van der Waals surface area contributed by atoms with Crippen molar-refractivity contribution in [2.75, 3.05) is 13.7 Å². The van der Waals surface area contributed by atoms with Crippen LogP contribution in [0.2, 0.25) is 0 Å². The SMILES string of the molecule is CO/N=C/CCN. The molecule has 3 heteroatoms. The molecule has 0 unspecified atom stereocenters. The zero-order valence-electron chi connectivity index (χ0n) is 4.42. The maximum Gasteiger partial charge on any atom is 0.106 e. The summed E-state index contributed by atoms with van der Waals surface area (Å²) in [7, 11) is 1.51. The summed E-state index contributed by atoms with van der Waals surface area (Å²) < 4.78 is 0. The van der Waals surface area contributed by atoms with Crippen molar-refractivity contribution in [1.29, 1.82) is 0 Å². The van der Waals surface area contributed by atoms with E-state index >= 15 is 0 Å². The minimum absolute atomic E-state index is 0.632. The first-order chi connectivity index (χ1) is 3.41. The summed E-state index contributed by atoms with van der Waals surface area (Å²) in [6.07, 6.45) is 2.42. The van der Waals surface area contributed by atoms with Gasteiger partial charge in [-0.1, -0.05) is 5.16 Å². The van der Waals surface area contributed by atoms with E-state index in [0.29, 0.717) is 6.54 Å². The molecule has 0 aliphatic rings. The molecule has 0 rings (SSSR count). The van der Waals surface area contributed by atoms with E-state index in [-0.39, 0.29) is 0 Å². The van der Waals surface area contributed by atoms with Crippen molar-refractivity contribution < 1.29 is 4.84 Å². The standard InChI is InChI=1S/C4H10N2O/c1-7-6-4-2-3-5/h4H,2-3,5H2,1H3/b6-4+. The minimum Gasteiger partial charge on any atom is -0.399 e. The van der Waals surface area contributed by atoms with E-state index in [0.717, 1.165) is 6.42 Å². The van der Waals surface area contributed by atoms with Crippen LogP contribution < -0.4 is 5.73 Å². The molecule has 0 atom stereocenters. The van der Waals surface area contributed by atoms with Crippen LogP contribution in [0, 0.1) is 0 Å². The maximum atomic E-state index is 5.12. The second-order valence-electron chi connectivity index (χ2n) is 1.05. The van der Waals surface area contributed by atoms with Crippen molar-refractivity contribution in [1.82, 2.24) is 0 Å². The fourth-order valence-electron chi connectivity index (χ4n) is 0.202. The average molecular weight is 102 g/mol. The summed E-state index contributed by atoms with van der Waals surface area (Å²) in [5.41, 5.74) is 5.12. The second kappa shape index (κ2) is 5.43. The molecule has 0 bridgehead atoms. The summed E-state index contributed by atoms with van der Waals surface area (Å²) in [6, 6.07) is 0. The fraction of sp³-hybridized carbons (Fsp3) is 0.750. The Bertz CT molecular complexity index is 53.7. The molecule has 0 saturated heterocycles. The fourth-order valence-corrected chi connectivity index (χ4v) is 0.202. The highest BCUT2D eigenvalue weighted by Gasteiger charge is 1.69. The molecule has 0 aliphatic carbocycles. The van der Waals surface area contributed by atoms with Gasteiger partial charge in [-0.25, -0.2) is 0 Å². The first-order valence-electron chi connectivity index (χ1n) is 2.17. The Hall–Kier alpha value is -0.570. The molecule has 0 heterocycles. The molecule has 0 radical (unpaired) electrons. The van der Waals surface area contributed by atoms with Crippen LogP contribution in [0.4, 0.5) is 0 Å². The summed E-state index contributed by atoms with van der Waals surface area (Å²) in [5.74, 6) is 0. The smallest absolute Gasteiger partial charge is 0.106 e. The lowest BCUT2D eigenvalue weighted by Gasteiger charge is -1.82. The largest absolute Gasteiger partial charge is 0.399 e. The minimum atomic E-state index is 0.632. The van der Waals surface area contributed by atoms with Gasteiger partial charge in [0.1, 0.15) is 7.11 Å². The zero-order chi connectivity index (χ0) is 5.54. The van der Waals surface area contributed by atoms with E-state index in [1.807, 2.05) is 0 Å². The van der Waals surface area contributed by atoms with Crippen LogP contribution in [0.15, 0.2) is 5.16 Å². The van der Waals surface area contributed by atoms with Gasteiger partial charge in [-0.3, -0.25) is 0 Å². The highest BCUT2D eigenvalue weighted by atomic mass is 16.6. The van der Waals surface area contributed by atoms with Gasteiger partial charge in [0.05, 0.1) is 0 Å². The van der Waals surface area contributed by atoms with E-state index in [1.165, 1.54) is 7.11 Å². The normalized spacial score (nSPS) is 10.0. The van der Waals surface area contributed by atoms with Crippen molar-refractivity contribution in [3.05, 3.63) is 0 Å². The van der Waals surface area contributed by atoms with E-state index in [4.69, 9.17) is 5.73 Å². The Labute approximate surface area is 43.1 Å². The van der Waals surface area contributed by atoms with Gasteiger partial charge in [0.25, 0.3) is 0 Å². The topological polar surface area (TPSA) is 47.6 Å². The number of nitrogens with zero attached hydrogens (tertiary/aromatic N) is 1. The predicted octanol–water partition coefficient (Wildman–Crippen LogP) is -0.0326. The van der Waals surface area contributed by atoms with Gasteiger partial charge < -0.3 is 10.6 Å². The third kappa shape index (κ3) is 5.43. The van der Waals surface area contributed by atoms with Crippen LogP contribution in [0.5, 0.6) is 0 Å². The molecule has 0 saturated carbocycles. The first kappa shape index (κ1) is 6.43. The van der Waals surface area contributed by atoms with E-state index in [9.17, 15) is 0 Å². The zero-order valence-corrected chi connectivity index (χ0v) is 4.42. The van der Waals surface area contributed by atoms with Crippen molar-refractivity contribution in [2.24, 2.45) is 10.9 Å². The second-order valence-corrected chi connectivity index (χ2v) is 1.05. The lowest BCUT2D eigenvalue weighted by molar-refractivity contribution is 0.214. The average Bonchev–Trinajstić information content (AvgIpc) is 1.69. The van der Waals surface area contributed by atoms with Crippen molar-refractivity contribution in [2.45, 2.75) is 6.42 Å². The van der Waals surface area contributed by atoms with Crippen molar-refractivity contribution in [3.63, 3.8) is 0 Å². The molecular formula is C4H10N2O. The summed E-state index contributed by atoms with van der Waals surface area (Å²) >= 11 is 0. The number of rotatable bonds is 3. The van der Waals surface area contributed by atoms with Crippen molar-refractivity contribution in [3.8, 4) is 0 Å². The monoisotopic (exact) mass is 102 g/mol. The van der Waals surface area contributed by atoms with E-state index in [2.05, 4.69) is 9.99 Å². The Kier molecular flexibility index (Phi) is 4.99.